The molecule has 0 saturated heterocycles. The summed E-state index contributed by atoms with van der Waals surface area (Å²) in [7, 11) is 0. The molecule has 100 valence electrons. The molecule has 1 aromatic carbocycles. The van der Waals surface area contributed by atoms with Crippen LogP contribution in [0, 0.1) is 0 Å². The van der Waals surface area contributed by atoms with E-state index in [1.165, 1.54) is 43.5 Å². The van der Waals surface area contributed by atoms with Gasteiger partial charge in [-0.25, -0.2) is 0 Å². The fourth-order valence-electron chi connectivity index (χ4n) is 2.96. The normalized spacial score (nSPS) is 16.4. The van der Waals surface area contributed by atoms with Crippen LogP contribution in [0.4, 0.5) is 5.69 Å². The van der Waals surface area contributed by atoms with Gasteiger partial charge in [0.2, 0.25) is 0 Å². The molecule has 0 aliphatic carbocycles. The van der Waals surface area contributed by atoms with Crippen molar-refractivity contribution < 1.29 is 0 Å². The van der Waals surface area contributed by atoms with Crippen LogP contribution >= 0.6 is 0 Å². The van der Waals surface area contributed by atoms with Crippen LogP contribution in [0.2, 0.25) is 0 Å². The predicted octanol–water partition coefficient (Wildman–Crippen LogP) is 3.22. The van der Waals surface area contributed by atoms with E-state index in [4.69, 9.17) is 0 Å². The number of anilines is 1. The third-order valence-electron chi connectivity index (χ3n) is 3.78. The molecular formula is C16H26N2. The standard InChI is InChI=1S/C16H26N2/c1-3-8-15(17-4-2)13-18-12-7-10-14-9-5-6-11-16(14)18/h5-6,9,11,15,17H,3-4,7-8,10,12-13H2,1-2H3. The van der Waals surface area contributed by atoms with E-state index < -0.39 is 0 Å². The maximum absolute atomic E-state index is 3.62. The number of benzene rings is 1. The van der Waals surface area contributed by atoms with Crippen molar-refractivity contribution in [3.8, 4) is 0 Å². The minimum absolute atomic E-state index is 0.631. The Morgan fingerprint density at radius 3 is 2.89 bits per heavy atom. The molecule has 18 heavy (non-hydrogen) atoms. The SMILES string of the molecule is CCCC(CN1CCCc2ccccc21)NCC. The zero-order chi connectivity index (χ0) is 12.8. The highest BCUT2D eigenvalue weighted by Crippen LogP contribution is 2.26. The molecule has 0 saturated carbocycles. The molecule has 0 amide bonds. The van der Waals surface area contributed by atoms with E-state index in [-0.39, 0.29) is 0 Å². The van der Waals surface area contributed by atoms with Crippen molar-refractivity contribution in [2.24, 2.45) is 0 Å². The quantitative estimate of drug-likeness (QED) is 0.829. The van der Waals surface area contributed by atoms with Crippen molar-refractivity contribution >= 4 is 5.69 Å². The zero-order valence-electron chi connectivity index (χ0n) is 11.8. The van der Waals surface area contributed by atoms with E-state index in [1.807, 2.05) is 0 Å². The predicted molar refractivity (Wildman–Crippen MR) is 79.3 cm³/mol. The minimum Gasteiger partial charge on any atom is -0.370 e. The van der Waals surface area contributed by atoms with Crippen LogP contribution in [0.3, 0.4) is 0 Å². The summed E-state index contributed by atoms with van der Waals surface area (Å²) >= 11 is 0. The number of para-hydroxylation sites is 1. The Labute approximate surface area is 111 Å². The number of aryl methyl sites for hydroxylation is 1. The van der Waals surface area contributed by atoms with Gasteiger partial charge in [-0.15, -0.1) is 0 Å². The van der Waals surface area contributed by atoms with Crippen molar-refractivity contribution in [2.45, 2.75) is 45.6 Å². The lowest BCUT2D eigenvalue weighted by molar-refractivity contribution is 0.474. The Hall–Kier alpha value is -1.02. The lowest BCUT2D eigenvalue weighted by Crippen LogP contribution is -2.43. The largest absolute Gasteiger partial charge is 0.370 e. The van der Waals surface area contributed by atoms with Crippen LogP contribution < -0.4 is 10.2 Å². The van der Waals surface area contributed by atoms with Gasteiger partial charge in [0.05, 0.1) is 0 Å². The van der Waals surface area contributed by atoms with Gasteiger partial charge in [-0.1, -0.05) is 38.5 Å². The molecule has 0 fully saturated rings. The van der Waals surface area contributed by atoms with Crippen molar-refractivity contribution in [1.29, 1.82) is 0 Å². The van der Waals surface area contributed by atoms with Crippen LogP contribution in [0.25, 0.3) is 0 Å². The molecule has 1 aliphatic heterocycles. The second-order valence-corrected chi connectivity index (χ2v) is 5.22. The maximum Gasteiger partial charge on any atom is 0.0399 e. The number of hydrogen-bond acceptors (Lipinski definition) is 2. The lowest BCUT2D eigenvalue weighted by atomic mass is 10.0. The third kappa shape index (κ3) is 3.26. The molecule has 1 unspecified atom stereocenters. The van der Waals surface area contributed by atoms with E-state index in [2.05, 4.69) is 48.3 Å². The third-order valence-corrected chi connectivity index (χ3v) is 3.78. The van der Waals surface area contributed by atoms with E-state index >= 15 is 0 Å². The van der Waals surface area contributed by atoms with E-state index in [0.717, 1.165) is 13.1 Å². The van der Waals surface area contributed by atoms with Gasteiger partial charge in [0.15, 0.2) is 0 Å². The maximum atomic E-state index is 3.62. The second kappa shape index (κ2) is 6.79. The highest BCUT2D eigenvalue weighted by Gasteiger charge is 2.18. The number of likely N-dealkylation sites (N-methyl/N-ethyl adjacent to an activating group) is 1. The summed E-state index contributed by atoms with van der Waals surface area (Å²) in [6.07, 6.45) is 5.06. The summed E-state index contributed by atoms with van der Waals surface area (Å²) in [6, 6.07) is 9.52. The molecule has 0 bridgehead atoms. The van der Waals surface area contributed by atoms with Crippen LogP contribution in [-0.4, -0.2) is 25.7 Å². The summed E-state index contributed by atoms with van der Waals surface area (Å²) in [6.45, 7) is 7.91. The fourth-order valence-corrected chi connectivity index (χ4v) is 2.96. The van der Waals surface area contributed by atoms with Gasteiger partial charge in [-0.3, -0.25) is 0 Å². The average molecular weight is 246 g/mol. The van der Waals surface area contributed by atoms with Gasteiger partial charge < -0.3 is 10.2 Å². The van der Waals surface area contributed by atoms with Crippen molar-refractivity contribution in [3.05, 3.63) is 29.8 Å². The van der Waals surface area contributed by atoms with Crippen LogP contribution in [0.1, 0.15) is 38.7 Å². The van der Waals surface area contributed by atoms with Crippen LogP contribution in [0.15, 0.2) is 24.3 Å². The molecule has 1 heterocycles. The van der Waals surface area contributed by atoms with Gasteiger partial charge >= 0.3 is 0 Å². The number of hydrogen-bond donors (Lipinski definition) is 1. The summed E-state index contributed by atoms with van der Waals surface area (Å²) < 4.78 is 0. The molecule has 1 aromatic rings. The van der Waals surface area contributed by atoms with Gasteiger partial charge in [0.1, 0.15) is 0 Å². The highest BCUT2D eigenvalue weighted by molar-refractivity contribution is 5.55. The molecule has 1 aliphatic rings. The number of fused-ring (bicyclic) bond motifs is 1. The van der Waals surface area contributed by atoms with E-state index in [1.54, 1.807) is 0 Å². The second-order valence-electron chi connectivity index (χ2n) is 5.22. The molecule has 0 spiro atoms. The lowest BCUT2D eigenvalue weighted by Gasteiger charge is -2.34. The smallest absolute Gasteiger partial charge is 0.0399 e. The summed E-state index contributed by atoms with van der Waals surface area (Å²) in [5, 5.41) is 3.62. The summed E-state index contributed by atoms with van der Waals surface area (Å²) in [5.41, 5.74) is 2.98. The Kier molecular flexibility index (Phi) is 5.06. The Bertz CT molecular complexity index is 356. The molecular weight excluding hydrogens is 220 g/mol. The number of nitrogens with zero attached hydrogens (tertiary/aromatic N) is 1. The molecule has 1 N–H and O–H groups in total. The minimum atomic E-state index is 0.631. The van der Waals surface area contributed by atoms with Gasteiger partial charge in [-0.05, 0) is 37.4 Å². The first-order valence-electron chi connectivity index (χ1n) is 7.41. The zero-order valence-corrected chi connectivity index (χ0v) is 11.8. The molecule has 2 nitrogen and oxygen atoms in total. The molecule has 1 atom stereocenters. The number of nitrogens with one attached hydrogen (secondary N) is 1. The Balaban J connectivity index is 2.05. The monoisotopic (exact) mass is 246 g/mol. The first-order valence-corrected chi connectivity index (χ1v) is 7.41. The Morgan fingerprint density at radius 1 is 1.28 bits per heavy atom. The van der Waals surface area contributed by atoms with Crippen molar-refractivity contribution in [2.75, 3.05) is 24.5 Å². The van der Waals surface area contributed by atoms with Gasteiger partial charge in [0, 0.05) is 24.8 Å². The molecule has 2 heteroatoms. The highest BCUT2D eigenvalue weighted by atomic mass is 15.2. The molecule has 2 rings (SSSR count). The van der Waals surface area contributed by atoms with Crippen molar-refractivity contribution in [3.63, 3.8) is 0 Å². The van der Waals surface area contributed by atoms with Gasteiger partial charge in [-0.2, -0.15) is 0 Å². The average Bonchev–Trinajstić information content (AvgIpc) is 2.40. The molecule has 0 aromatic heterocycles. The van der Waals surface area contributed by atoms with E-state index in [9.17, 15) is 0 Å². The Morgan fingerprint density at radius 2 is 2.11 bits per heavy atom. The first kappa shape index (κ1) is 13.4. The number of rotatable bonds is 6. The van der Waals surface area contributed by atoms with Gasteiger partial charge in [0.25, 0.3) is 0 Å². The van der Waals surface area contributed by atoms with Crippen LogP contribution in [0.5, 0.6) is 0 Å². The summed E-state index contributed by atoms with van der Waals surface area (Å²) in [4.78, 5) is 2.57. The topological polar surface area (TPSA) is 15.3 Å². The van der Waals surface area contributed by atoms with Crippen molar-refractivity contribution in [1.82, 2.24) is 5.32 Å². The summed E-state index contributed by atoms with van der Waals surface area (Å²) in [5.74, 6) is 0. The molecule has 0 radical (unpaired) electrons. The van der Waals surface area contributed by atoms with Crippen LogP contribution in [-0.2, 0) is 6.42 Å². The van der Waals surface area contributed by atoms with E-state index in [0.29, 0.717) is 6.04 Å². The fraction of sp³-hybridized carbons (Fsp3) is 0.625. The first-order chi connectivity index (χ1) is 8.85.